The number of nitrogens with zero attached hydrogens (tertiary/aromatic N) is 3. The predicted octanol–water partition coefficient (Wildman–Crippen LogP) is 8.40. The average Bonchev–Trinajstić information content (AvgIpc) is 3.22. The summed E-state index contributed by atoms with van der Waals surface area (Å²) in [5.41, 5.74) is -5.41. The van der Waals surface area contributed by atoms with Crippen molar-refractivity contribution in [2.45, 2.75) is 48.8 Å². The van der Waals surface area contributed by atoms with Crippen molar-refractivity contribution in [2.75, 3.05) is 33.1 Å². The summed E-state index contributed by atoms with van der Waals surface area (Å²) in [5, 5.41) is -0.646. The molecule has 52 heavy (non-hydrogen) atoms. The number of amides is 1. The first kappa shape index (κ1) is 20.6. The first-order chi connectivity index (χ1) is 31.8. The Labute approximate surface area is 328 Å². The van der Waals surface area contributed by atoms with Crippen LogP contribution in [-0.4, -0.2) is 59.4 Å². The molecule has 0 radical (unpaired) electrons. The van der Waals surface area contributed by atoms with Gasteiger partial charge in [0.2, 0.25) is 5.91 Å². The van der Waals surface area contributed by atoms with E-state index < -0.39 is 121 Å². The monoisotopic (exact) mass is 753 g/mol. The molecule has 1 fully saturated rings. The number of ether oxygens (including phenoxy) is 1. The van der Waals surface area contributed by atoms with Gasteiger partial charge in [-0.3, -0.25) is 9.59 Å². The molecule has 5 aromatic rings. The normalized spacial score (nSPS) is 24.9. The number of alkyl halides is 3. The van der Waals surface area contributed by atoms with Crippen LogP contribution < -0.4 is 5.43 Å². The number of halogens is 5. The molecule has 1 saturated heterocycles. The van der Waals surface area contributed by atoms with Crippen molar-refractivity contribution >= 4 is 28.6 Å². The second kappa shape index (κ2) is 16.4. The van der Waals surface area contributed by atoms with Crippen molar-refractivity contribution in [2.24, 2.45) is 0 Å². The van der Waals surface area contributed by atoms with E-state index >= 15 is 9.18 Å². The SMILES string of the molecule is [2H]C([2H])([2H])OC([2H])([2H])C([2H])([2H])N1C([2H])([2H])C([2H])([2H])C([2H])(N(Cc2ccc(-c3ccc(C(F)(F)F)cc3)cc2)C(=O)Cn2c(SC([2H])([2H])c3cccc(F)c3F)cc(=O)c3ccccc32)C([2H])([2H])C1([2H])[2H]. The fraction of sp³-hybridized carbons (Fsp3) is 0.300. The number of carbonyl (C=O) groups excluding carboxylic acids is 1. The minimum atomic E-state index is -4.67. The maximum Gasteiger partial charge on any atom is 0.416 e. The molecule has 0 unspecified atom stereocenters. The largest absolute Gasteiger partial charge is 0.416 e. The molecule has 0 N–H and O–H groups in total. The number of hydrogen-bond acceptors (Lipinski definition) is 5. The average molecular weight is 754 g/mol. The highest BCUT2D eigenvalue weighted by atomic mass is 32.2. The number of para-hydroxylation sites is 1. The van der Waals surface area contributed by atoms with Crippen molar-refractivity contribution in [1.82, 2.24) is 14.4 Å². The van der Waals surface area contributed by atoms with Gasteiger partial charge in [-0.05, 0) is 59.8 Å². The molecule has 6 nitrogen and oxygen atoms in total. The Hall–Kier alpha value is -4.52. The first-order valence-corrected chi connectivity index (χ1v) is 15.9. The van der Waals surface area contributed by atoms with Crippen LogP contribution in [0.4, 0.5) is 22.0 Å². The Morgan fingerprint density at radius 2 is 1.69 bits per heavy atom. The van der Waals surface area contributed by atoms with E-state index in [0.717, 1.165) is 47.0 Å². The number of pyridine rings is 1. The van der Waals surface area contributed by atoms with E-state index in [0.29, 0.717) is 6.07 Å². The minimum Gasteiger partial charge on any atom is -0.383 e. The number of thioether (sulfide) groups is 1. The molecule has 2 heterocycles. The fourth-order valence-electron chi connectivity index (χ4n) is 5.13. The summed E-state index contributed by atoms with van der Waals surface area (Å²) in [4.78, 5) is 27.8. The number of rotatable bonds is 12. The predicted molar refractivity (Wildman–Crippen MR) is 193 cm³/mol. The number of likely N-dealkylation sites (tertiary alicyclic amines) is 1. The van der Waals surface area contributed by atoms with Crippen LogP contribution in [0.15, 0.2) is 107 Å². The molecule has 0 saturated carbocycles. The van der Waals surface area contributed by atoms with Gasteiger partial charge in [-0.25, -0.2) is 8.78 Å². The van der Waals surface area contributed by atoms with Gasteiger partial charge in [0.25, 0.3) is 0 Å². The molecule has 12 heteroatoms. The lowest BCUT2D eigenvalue weighted by atomic mass is 10.00. The van der Waals surface area contributed by atoms with E-state index in [4.69, 9.17) is 17.8 Å². The summed E-state index contributed by atoms with van der Waals surface area (Å²) in [6.07, 6.45) is -13.5. The lowest BCUT2D eigenvalue weighted by Crippen LogP contribution is -2.48. The smallest absolute Gasteiger partial charge is 0.383 e. The number of piperidine rings is 1. The molecule has 4 aromatic carbocycles. The minimum absolute atomic E-state index is 0.0402. The van der Waals surface area contributed by atoms with E-state index in [2.05, 4.69) is 4.74 Å². The first-order valence-electron chi connectivity index (χ1n) is 24.1. The van der Waals surface area contributed by atoms with Crippen LogP contribution in [0.1, 0.15) is 54.1 Å². The zero-order chi connectivity index (χ0) is 52.8. The zero-order valence-corrected chi connectivity index (χ0v) is 27.3. The zero-order valence-electron chi connectivity index (χ0n) is 44.5. The topological polar surface area (TPSA) is 54.8 Å². The van der Waals surface area contributed by atoms with E-state index in [-0.39, 0.29) is 44.3 Å². The molecule has 6 rings (SSSR count). The van der Waals surface area contributed by atoms with E-state index in [9.17, 15) is 29.2 Å². The molecule has 0 spiro atoms. The van der Waals surface area contributed by atoms with E-state index in [1.54, 1.807) is 0 Å². The quantitative estimate of drug-likeness (QED) is 0.0947. The Kier molecular flexibility index (Phi) is 6.53. The molecular formula is C40H38F5N3O3S. The van der Waals surface area contributed by atoms with Crippen LogP contribution in [0.25, 0.3) is 22.0 Å². The Bertz CT molecular complexity index is 2840. The second-order valence-corrected chi connectivity index (χ2v) is 11.8. The Balaban J connectivity index is 1.56. The van der Waals surface area contributed by atoms with Gasteiger partial charge in [0.1, 0.15) is 6.54 Å². The lowest BCUT2D eigenvalue weighted by molar-refractivity contribution is -0.137. The number of benzene rings is 4. The Morgan fingerprint density at radius 3 is 2.38 bits per heavy atom. The standard InChI is InChI=1S/C40H38F5N3O3S/c1-51-22-21-46-19-17-32(18-20-46)47(24-27-9-11-28(12-10-27)29-13-15-31(16-14-29)40(43,44)45)37(50)25-48-35-8-3-2-6-33(35)36(49)23-38(48)52-26-30-5-4-7-34(41)39(30)42/h2-16,23,32H,17-22,24-26H2,1H3/i1D3,17D2,18D2,19D2,20D2,21D2,22D2,26D2,32D. The number of carbonyl (C=O) groups is 1. The highest BCUT2D eigenvalue weighted by molar-refractivity contribution is 7.98. The van der Waals surface area contributed by atoms with Crippen molar-refractivity contribution in [3.05, 3.63) is 136 Å². The van der Waals surface area contributed by atoms with Crippen LogP contribution in [0.3, 0.4) is 0 Å². The van der Waals surface area contributed by atoms with Gasteiger partial charge >= 0.3 is 6.18 Å². The summed E-state index contributed by atoms with van der Waals surface area (Å²) in [5.74, 6) is -4.66. The second-order valence-electron chi connectivity index (χ2n) is 11.0. The molecule has 1 amide bonds. The van der Waals surface area contributed by atoms with Crippen LogP contribution >= 0.6 is 11.8 Å². The third kappa shape index (κ3) is 8.74. The Morgan fingerprint density at radius 1 is 1.00 bits per heavy atom. The van der Waals surface area contributed by atoms with Crippen molar-refractivity contribution in [3.8, 4) is 11.1 Å². The third-order valence-electron chi connectivity index (χ3n) is 7.68. The molecule has 1 aliphatic heterocycles. The van der Waals surface area contributed by atoms with Crippen molar-refractivity contribution in [1.29, 1.82) is 0 Å². The molecule has 0 atom stereocenters. The highest BCUT2D eigenvalue weighted by Crippen LogP contribution is 2.32. The van der Waals surface area contributed by atoms with Gasteiger partial charge in [-0.1, -0.05) is 60.7 Å². The number of fused-ring (bicyclic) bond motifs is 1. The van der Waals surface area contributed by atoms with Crippen LogP contribution in [0, 0.1) is 11.6 Å². The van der Waals surface area contributed by atoms with Crippen LogP contribution in [-0.2, 0) is 34.5 Å². The summed E-state index contributed by atoms with van der Waals surface area (Å²) in [6.45, 7) is -20.1. The summed E-state index contributed by atoms with van der Waals surface area (Å²) < 4.78 is 230. The summed E-state index contributed by atoms with van der Waals surface area (Å²) in [6, 6.07) is 13.2. The van der Waals surface area contributed by atoms with Gasteiger partial charge in [-0.15, -0.1) is 11.8 Å². The maximum absolute atomic E-state index is 15.2. The van der Waals surface area contributed by atoms with E-state index in [1.807, 2.05) is 0 Å². The van der Waals surface area contributed by atoms with Crippen molar-refractivity contribution < 1.29 is 56.2 Å². The van der Waals surface area contributed by atoms with Crippen LogP contribution in [0.5, 0.6) is 0 Å². The molecular weight excluding hydrogens is 698 g/mol. The molecule has 0 aliphatic carbocycles. The number of aromatic nitrogens is 1. The summed E-state index contributed by atoms with van der Waals surface area (Å²) in [7, 11) is -3.80. The van der Waals surface area contributed by atoms with Crippen LogP contribution in [0.2, 0.25) is 0 Å². The molecule has 272 valence electrons. The van der Waals surface area contributed by atoms with Gasteiger partial charge in [-0.2, -0.15) is 13.2 Å². The van der Waals surface area contributed by atoms with Gasteiger partial charge in [0, 0.05) is 78.3 Å². The molecule has 1 aliphatic rings. The number of methoxy groups -OCH3 is 1. The third-order valence-corrected chi connectivity index (χ3v) is 8.55. The van der Waals surface area contributed by atoms with Crippen molar-refractivity contribution in [3.63, 3.8) is 0 Å². The molecule has 0 bridgehead atoms. The lowest BCUT2D eigenvalue weighted by Gasteiger charge is -2.39. The van der Waals surface area contributed by atoms with Gasteiger partial charge in [0.15, 0.2) is 17.1 Å². The maximum atomic E-state index is 15.2. The molecule has 1 aromatic heterocycles. The fourth-order valence-corrected chi connectivity index (χ4v) is 5.94. The van der Waals surface area contributed by atoms with Gasteiger partial charge in [0.05, 0.1) is 30.9 Å². The number of hydrogen-bond donors (Lipinski definition) is 0. The summed E-state index contributed by atoms with van der Waals surface area (Å²) >= 11 is 0.0854. The van der Waals surface area contributed by atoms with Gasteiger partial charge < -0.3 is 19.1 Å². The van der Waals surface area contributed by atoms with E-state index in [1.165, 1.54) is 48.5 Å². The highest BCUT2D eigenvalue weighted by Gasteiger charge is 2.31.